The second-order valence-electron chi connectivity index (χ2n) is 4.19. The largest absolute Gasteiger partial charge is 0.372 e. The molecule has 1 fully saturated rings. The van der Waals surface area contributed by atoms with Crippen molar-refractivity contribution in [2.24, 2.45) is 0 Å². The average Bonchev–Trinajstić information content (AvgIpc) is 2.39. The lowest BCUT2D eigenvalue weighted by Crippen LogP contribution is -2.10. The Morgan fingerprint density at radius 2 is 2.12 bits per heavy atom. The van der Waals surface area contributed by atoms with E-state index >= 15 is 0 Å². The summed E-state index contributed by atoms with van der Waals surface area (Å²) in [6.07, 6.45) is 7.84. The van der Waals surface area contributed by atoms with Gasteiger partial charge in [-0.05, 0) is 12.8 Å². The molecule has 0 aromatic carbocycles. The second-order valence-corrected chi connectivity index (χ2v) is 4.19. The van der Waals surface area contributed by atoms with E-state index in [2.05, 4.69) is 21.4 Å². The molecule has 1 aliphatic rings. The highest BCUT2D eigenvalue weighted by Gasteiger charge is 2.19. The van der Waals surface area contributed by atoms with Crippen LogP contribution in [0, 0.1) is 11.3 Å². The van der Waals surface area contributed by atoms with Crippen LogP contribution in [0.15, 0.2) is 6.20 Å². The molecule has 1 aromatic rings. The van der Waals surface area contributed by atoms with Crippen molar-refractivity contribution >= 4 is 5.82 Å². The van der Waals surface area contributed by atoms with E-state index in [0.29, 0.717) is 17.3 Å². The van der Waals surface area contributed by atoms with Gasteiger partial charge in [0.15, 0.2) is 0 Å². The number of hydrogen-bond donors (Lipinski definition) is 1. The van der Waals surface area contributed by atoms with Crippen LogP contribution < -0.4 is 5.32 Å². The summed E-state index contributed by atoms with van der Waals surface area (Å²) >= 11 is 0. The predicted octanol–water partition coefficient (Wildman–Crippen LogP) is 2.44. The Balaban J connectivity index is 2.25. The lowest BCUT2D eigenvalue weighted by atomic mass is 9.88. The van der Waals surface area contributed by atoms with E-state index in [1.54, 1.807) is 13.2 Å². The molecule has 0 radical (unpaired) electrons. The van der Waals surface area contributed by atoms with Gasteiger partial charge in [0.25, 0.3) is 0 Å². The van der Waals surface area contributed by atoms with Crippen molar-refractivity contribution in [1.82, 2.24) is 9.97 Å². The van der Waals surface area contributed by atoms with Crippen LogP contribution in [0.25, 0.3) is 0 Å². The molecule has 1 aromatic heterocycles. The van der Waals surface area contributed by atoms with Gasteiger partial charge in [-0.15, -0.1) is 0 Å². The Bertz CT molecular complexity index is 402. The minimum Gasteiger partial charge on any atom is -0.372 e. The first-order chi connectivity index (χ1) is 7.85. The summed E-state index contributed by atoms with van der Waals surface area (Å²) in [7, 11) is 1.79. The molecule has 1 N–H and O–H groups in total. The number of rotatable bonds is 2. The monoisotopic (exact) mass is 216 g/mol. The molecule has 16 heavy (non-hydrogen) atoms. The summed E-state index contributed by atoms with van der Waals surface area (Å²) in [5.74, 6) is 2.02. The summed E-state index contributed by atoms with van der Waals surface area (Å²) in [4.78, 5) is 8.75. The molecule has 0 bridgehead atoms. The second kappa shape index (κ2) is 4.93. The molecule has 0 atom stereocenters. The Hall–Kier alpha value is -1.63. The van der Waals surface area contributed by atoms with Gasteiger partial charge in [-0.3, -0.25) is 0 Å². The molecule has 84 valence electrons. The Morgan fingerprint density at radius 1 is 1.38 bits per heavy atom. The summed E-state index contributed by atoms with van der Waals surface area (Å²) in [5, 5.41) is 11.8. The molecule has 4 heteroatoms. The predicted molar refractivity (Wildman–Crippen MR) is 62.1 cm³/mol. The Labute approximate surface area is 95.7 Å². The van der Waals surface area contributed by atoms with Crippen LogP contribution in [0.3, 0.4) is 0 Å². The zero-order valence-corrected chi connectivity index (χ0v) is 9.53. The van der Waals surface area contributed by atoms with Crippen molar-refractivity contribution in [2.75, 3.05) is 12.4 Å². The third-order valence-corrected chi connectivity index (χ3v) is 3.13. The Kier molecular flexibility index (Phi) is 3.35. The van der Waals surface area contributed by atoms with E-state index in [9.17, 15) is 0 Å². The SMILES string of the molecule is CNc1nc(C2CCCCC2)ncc1C#N. The number of nitriles is 1. The number of nitrogens with zero attached hydrogens (tertiary/aromatic N) is 3. The molecule has 0 spiro atoms. The van der Waals surface area contributed by atoms with Crippen molar-refractivity contribution in [3.63, 3.8) is 0 Å². The number of aromatic nitrogens is 2. The van der Waals surface area contributed by atoms with Crippen LogP contribution in [0.4, 0.5) is 5.82 Å². The van der Waals surface area contributed by atoms with Gasteiger partial charge >= 0.3 is 0 Å². The quantitative estimate of drug-likeness (QED) is 0.824. The molecule has 0 amide bonds. The van der Waals surface area contributed by atoms with Crippen molar-refractivity contribution in [3.05, 3.63) is 17.6 Å². The van der Waals surface area contributed by atoms with Gasteiger partial charge in [-0.25, -0.2) is 9.97 Å². The Morgan fingerprint density at radius 3 is 2.75 bits per heavy atom. The van der Waals surface area contributed by atoms with Crippen molar-refractivity contribution in [2.45, 2.75) is 38.0 Å². The fraction of sp³-hybridized carbons (Fsp3) is 0.583. The highest BCUT2D eigenvalue weighted by Crippen LogP contribution is 2.31. The molecule has 0 unspecified atom stereocenters. The van der Waals surface area contributed by atoms with Gasteiger partial charge < -0.3 is 5.32 Å². The maximum absolute atomic E-state index is 8.88. The van der Waals surface area contributed by atoms with Crippen molar-refractivity contribution in [3.8, 4) is 6.07 Å². The van der Waals surface area contributed by atoms with Crippen LogP contribution >= 0.6 is 0 Å². The van der Waals surface area contributed by atoms with Crippen LogP contribution in [-0.2, 0) is 0 Å². The third-order valence-electron chi connectivity index (χ3n) is 3.13. The average molecular weight is 216 g/mol. The summed E-state index contributed by atoms with van der Waals surface area (Å²) in [6, 6.07) is 2.09. The number of nitrogens with one attached hydrogen (secondary N) is 1. The fourth-order valence-corrected chi connectivity index (χ4v) is 2.23. The molecule has 0 aliphatic heterocycles. The first kappa shape index (κ1) is 10.9. The fourth-order valence-electron chi connectivity index (χ4n) is 2.23. The van der Waals surface area contributed by atoms with Gasteiger partial charge in [0.1, 0.15) is 23.3 Å². The minimum absolute atomic E-state index is 0.480. The van der Waals surface area contributed by atoms with E-state index in [-0.39, 0.29) is 0 Å². The zero-order chi connectivity index (χ0) is 11.4. The normalized spacial score (nSPS) is 16.8. The molecule has 2 rings (SSSR count). The molecule has 1 aliphatic carbocycles. The molecule has 1 heterocycles. The van der Waals surface area contributed by atoms with Crippen LogP contribution in [0.2, 0.25) is 0 Å². The number of anilines is 1. The molecular weight excluding hydrogens is 200 g/mol. The summed E-state index contributed by atoms with van der Waals surface area (Å²) in [5.41, 5.74) is 0.516. The third kappa shape index (κ3) is 2.13. The molecule has 0 saturated heterocycles. The van der Waals surface area contributed by atoms with E-state index in [4.69, 9.17) is 5.26 Å². The first-order valence-corrected chi connectivity index (χ1v) is 5.80. The van der Waals surface area contributed by atoms with Crippen molar-refractivity contribution < 1.29 is 0 Å². The van der Waals surface area contributed by atoms with Gasteiger partial charge in [0, 0.05) is 13.0 Å². The van der Waals surface area contributed by atoms with Crippen LogP contribution in [0.1, 0.15) is 49.4 Å². The maximum Gasteiger partial charge on any atom is 0.147 e. The van der Waals surface area contributed by atoms with E-state index in [1.807, 2.05) is 0 Å². The minimum atomic E-state index is 0.480. The van der Waals surface area contributed by atoms with E-state index < -0.39 is 0 Å². The summed E-state index contributed by atoms with van der Waals surface area (Å²) in [6.45, 7) is 0. The van der Waals surface area contributed by atoms with E-state index in [0.717, 1.165) is 5.82 Å². The zero-order valence-electron chi connectivity index (χ0n) is 9.53. The van der Waals surface area contributed by atoms with Gasteiger partial charge in [-0.1, -0.05) is 19.3 Å². The van der Waals surface area contributed by atoms with Gasteiger partial charge in [0.05, 0.1) is 6.20 Å². The standard InChI is InChI=1S/C12H16N4/c1-14-11-10(7-13)8-15-12(16-11)9-5-3-2-4-6-9/h8-9H,2-6H2,1H3,(H,14,15,16). The first-order valence-electron chi connectivity index (χ1n) is 5.80. The lowest BCUT2D eigenvalue weighted by molar-refractivity contribution is 0.429. The smallest absolute Gasteiger partial charge is 0.147 e. The number of hydrogen-bond acceptors (Lipinski definition) is 4. The molecular formula is C12H16N4. The van der Waals surface area contributed by atoms with Crippen LogP contribution in [-0.4, -0.2) is 17.0 Å². The van der Waals surface area contributed by atoms with Gasteiger partial charge in [-0.2, -0.15) is 5.26 Å². The highest BCUT2D eigenvalue weighted by molar-refractivity contribution is 5.50. The highest BCUT2D eigenvalue weighted by atomic mass is 15.0. The van der Waals surface area contributed by atoms with Crippen molar-refractivity contribution in [1.29, 1.82) is 5.26 Å². The summed E-state index contributed by atoms with van der Waals surface area (Å²) < 4.78 is 0. The lowest BCUT2D eigenvalue weighted by Gasteiger charge is -2.20. The maximum atomic E-state index is 8.88. The van der Waals surface area contributed by atoms with Gasteiger partial charge in [0.2, 0.25) is 0 Å². The van der Waals surface area contributed by atoms with E-state index in [1.165, 1.54) is 32.1 Å². The molecule has 4 nitrogen and oxygen atoms in total. The molecule has 1 saturated carbocycles. The topological polar surface area (TPSA) is 61.6 Å². The van der Waals surface area contributed by atoms with Crippen LogP contribution in [0.5, 0.6) is 0 Å².